The van der Waals surface area contributed by atoms with Gasteiger partial charge in [0.25, 0.3) is 0 Å². The highest BCUT2D eigenvalue weighted by atomic mass is 16.6. The van der Waals surface area contributed by atoms with E-state index in [1.807, 2.05) is 11.8 Å². The van der Waals surface area contributed by atoms with Gasteiger partial charge in [-0.2, -0.15) is 0 Å². The van der Waals surface area contributed by atoms with Crippen molar-refractivity contribution in [1.82, 2.24) is 14.7 Å². The second-order valence-corrected chi connectivity index (χ2v) is 9.09. The molecule has 28 heavy (non-hydrogen) atoms. The molecule has 0 aromatic carbocycles. The molecular formula is C21H35N3O4. The molecule has 3 atom stereocenters. The van der Waals surface area contributed by atoms with E-state index < -0.39 is 0 Å². The van der Waals surface area contributed by atoms with E-state index in [1.54, 1.807) is 0 Å². The molecule has 3 heterocycles. The minimum absolute atomic E-state index is 0.0140. The van der Waals surface area contributed by atoms with Crippen LogP contribution in [0, 0.1) is 0 Å². The lowest BCUT2D eigenvalue weighted by Crippen LogP contribution is -2.62. The first-order valence-corrected chi connectivity index (χ1v) is 11.1. The zero-order valence-electron chi connectivity index (χ0n) is 17.4. The van der Waals surface area contributed by atoms with E-state index in [0.717, 1.165) is 58.3 Å². The highest BCUT2D eigenvalue weighted by Gasteiger charge is 2.45. The summed E-state index contributed by atoms with van der Waals surface area (Å²) in [7, 11) is 0. The second-order valence-electron chi connectivity index (χ2n) is 9.09. The Morgan fingerprint density at radius 3 is 2.68 bits per heavy atom. The number of likely N-dealkylation sites (tertiary alicyclic amines) is 2. The van der Waals surface area contributed by atoms with E-state index in [4.69, 9.17) is 9.47 Å². The van der Waals surface area contributed by atoms with Gasteiger partial charge in [-0.1, -0.05) is 12.8 Å². The molecule has 1 saturated carbocycles. The zero-order valence-corrected chi connectivity index (χ0v) is 17.4. The van der Waals surface area contributed by atoms with Crippen LogP contribution in [-0.4, -0.2) is 89.8 Å². The van der Waals surface area contributed by atoms with Crippen molar-refractivity contribution in [3.05, 3.63) is 0 Å². The summed E-state index contributed by atoms with van der Waals surface area (Å²) in [6, 6.07) is 0.623. The van der Waals surface area contributed by atoms with E-state index in [0.29, 0.717) is 12.6 Å². The van der Waals surface area contributed by atoms with E-state index >= 15 is 0 Å². The highest BCUT2D eigenvalue weighted by Crippen LogP contribution is 2.35. The Kier molecular flexibility index (Phi) is 5.83. The van der Waals surface area contributed by atoms with Gasteiger partial charge in [-0.15, -0.1) is 0 Å². The lowest BCUT2D eigenvalue weighted by Gasteiger charge is -2.50. The van der Waals surface area contributed by atoms with E-state index in [2.05, 4.69) is 16.7 Å². The predicted molar refractivity (Wildman–Crippen MR) is 105 cm³/mol. The van der Waals surface area contributed by atoms with Gasteiger partial charge in [-0.25, -0.2) is 4.79 Å². The Morgan fingerprint density at radius 1 is 1.18 bits per heavy atom. The van der Waals surface area contributed by atoms with Gasteiger partial charge in [0.15, 0.2) is 0 Å². The number of hydrogen-bond donors (Lipinski definition) is 0. The van der Waals surface area contributed by atoms with Gasteiger partial charge in [0.05, 0.1) is 18.8 Å². The van der Waals surface area contributed by atoms with Gasteiger partial charge in [0.2, 0.25) is 5.91 Å². The largest absolute Gasteiger partial charge is 0.450 e. The molecule has 0 spiro atoms. The highest BCUT2D eigenvalue weighted by molar-refractivity contribution is 5.79. The second kappa shape index (κ2) is 8.19. The van der Waals surface area contributed by atoms with Crippen molar-refractivity contribution in [1.29, 1.82) is 0 Å². The number of amides is 2. The quantitative estimate of drug-likeness (QED) is 0.736. The SMILES string of the molecule is CCOC(=O)N1CCC(C)(N2CCC(N3C(=O)CO[C@H]4CCCC[C@@H]43)CC2)C1. The molecule has 0 aromatic rings. The molecule has 0 N–H and O–H groups in total. The molecule has 0 aromatic heterocycles. The van der Waals surface area contributed by atoms with Crippen molar-refractivity contribution in [3.8, 4) is 0 Å². The molecule has 4 fully saturated rings. The van der Waals surface area contributed by atoms with Crippen LogP contribution >= 0.6 is 0 Å². The molecule has 3 aliphatic heterocycles. The number of hydrogen-bond acceptors (Lipinski definition) is 5. The summed E-state index contributed by atoms with van der Waals surface area (Å²) in [5.41, 5.74) is 0.0140. The van der Waals surface area contributed by atoms with Gasteiger partial charge in [0, 0.05) is 37.8 Å². The molecular weight excluding hydrogens is 358 g/mol. The van der Waals surface area contributed by atoms with Crippen molar-refractivity contribution >= 4 is 12.0 Å². The van der Waals surface area contributed by atoms with Gasteiger partial charge >= 0.3 is 6.09 Å². The Hall–Kier alpha value is -1.34. The molecule has 1 aliphatic carbocycles. The van der Waals surface area contributed by atoms with Crippen LogP contribution in [0.5, 0.6) is 0 Å². The fraction of sp³-hybridized carbons (Fsp3) is 0.905. The van der Waals surface area contributed by atoms with E-state index in [-0.39, 0.29) is 36.3 Å². The molecule has 158 valence electrons. The summed E-state index contributed by atoms with van der Waals surface area (Å²) in [4.78, 5) is 31.3. The first-order chi connectivity index (χ1) is 13.5. The summed E-state index contributed by atoms with van der Waals surface area (Å²) in [5, 5.41) is 0. The number of fused-ring (bicyclic) bond motifs is 1. The topological polar surface area (TPSA) is 62.3 Å². The fourth-order valence-electron chi connectivity index (χ4n) is 5.76. The number of ether oxygens (including phenoxy) is 2. The molecule has 3 saturated heterocycles. The first-order valence-electron chi connectivity index (χ1n) is 11.1. The van der Waals surface area contributed by atoms with Crippen molar-refractivity contribution in [3.63, 3.8) is 0 Å². The van der Waals surface area contributed by atoms with Crippen LogP contribution in [0.15, 0.2) is 0 Å². The van der Waals surface area contributed by atoms with Crippen LogP contribution in [0.2, 0.25) is 0 Å². The number of morpholine rings is 1. The summed E-state index contributed by atoms with van der Waals surface area (Å²) in [5.74, 6) is 0.183. The van der Waals surface area contributed by atoms with Crippen LogP contribution in [0.25, 0.3) is 0 Å². The minimum atomic E-state index is -0.191. The van der Waals surface area contributed by atoms with E-state index in [9.17, 15) is 9.59 Å². The number of piperidine rings is 1. The van der Waals surface area contributed by atoms with Crippen LogP contribution in [0.1, 0.15) is 58.8 Å². The van der Waals surface area contributed by atoms with Crippen molar-refractivity contribution in [2.24, 2.45) is 0 Å². The molecule has 2 amide bonds. The van der Waals surface area contributed by atoms with E-state index in [1.165, 1.54) is 12.8 Å². The Morgan fingerprint density at radius 2 is 1.93 bits per heavy atom. The number of carbonyl (C=O) groups excluding carboxylic acids is 2. The van der Waals surface area contributed by atoms with Crippen molar-refractivity contribution in [2.75, 3.05) is 39.4 Å². The van der Waals surface area contributed by atoms with Gasteiger partial charge in [-0.05, 0) is 46.0 Å². The maximum absolute atomic E-state index is 12.7. The van der Waals surface area contributed by atoms with Crippen molar-refractivity contribution in [2.45, 2.75) is 82.5 Å². The average molecular weight is 394 g/mol. The molecule has 1 unspecified atom stereocenters. The monoisotopic (exact) mass is 393 g/mol. The summed E-state index contributed by atoms with van der Waals surface area (Å²) in [6.07, 6.45) is 7.67. The van der Waals surface area contributed by atoms with Crippen molar-refractivity contribution < 1.29 is 19.1 Å². The molecule has 7 nitrogen and oxygen atoms in total. The number of rotatable bonds is 3. The lowest BCUT2D eigenvalue weighted by atomic mass is 9.87. The van der Waals surface area contributed by atoms with Crippen LogP contribution < -0.4 is 0 Å². The third-order valence-electron chi connectivity index (χ3n) is 7.33. The van der Waals surface area contributed by atoms with Crippen LogP contribution in [0.4, 0.5) is 4.79 Å². The smallest absolute Gasteiger partial charge is 0.409 e. The zero-order chi connectivity index (χ0) is 19.7. The summed E-state index contributed by atoms with van der Waals surface area (Å²) < 4.78 is 11.0. The van der Waals surface area contributed by atoms with Gasteiger partial charge in [0.1, 0.15) is 6.61 Å². The molecule has 0 radical (unpaired) electrons. The minimum Gasteiger partial charge on any atom is -0.450 e. The number of carbonyl (C=O) groups is 2. The molecule has 4 aliphatic rings. The maximum Gasteiger partial charge on any atom is 0.409 e. The number of nitrogens with zero attached hydrogens (tertiary/aromatic N) is 3. The van der Waals surface area contributed by atoms with Crippen LogP contribution in [0.3, 0.4) is 0 Å². The first kappa shape index (κ1) is 20.0. The molecule has 4 rings (SSSR count). The standard InChI is InChI=1S/C21H35N3O4/c1-3-27-20(26)22-13-10-21(2,15-22)23-11-8-16(9-12-23)24-17-6-4-5-7-18(17)28-14-19(24)25/h16-18H,3-15H2,1-2H3/t17-,18-,21?/m0/s1. The van der Waals surface area contributed by atoms with Gasteiger partial charge < -0.3 is 19.3 Å². The Bertz CT molecular complexity index is 592. The Balaban J connectivity index is 1.35. The Labute approximate surface area is 168 Å². The lowest BCUT2D eigenvalue weighted by molar-refractivity contribution is -0.167. The van der Waals surface area contributed by atoms with Crippen LogP contribution in [-0.2, 0) is 14.3 Å². The normalized spacial score (nSPS) is 35.1. The average Bonchev–Trinajstić information content (AvgIpc) is 3.12. The predicted octanol–water partition coefficient (Wildman–Crippen LogP) is 2.24. The molecule has 0 bridgehead atoms. The summed E-state index contributed by atoms with van der Waals surface area (Å²) in [6.45, 7) is 8.27. The summed E-state index contributed by atoms with van der Waals surface area (Å²) >= 11 is 0. The maximum atomic E-state index is 12.7. The fourth-order valence-corrected chi connectivity index (χ4v) is 5.76. The molecule has 7 heteroatoms. The third kappa shape index (κ3) is 3.75. The van der Waals surface area contributed by atoms with Gasteiger partial charge in [-0.3, -0.25) is 9.69 Å². The third-order valence-corrected chi connectivity index (χ3v) is 7.33.